The van der Waals surface area contributed by atoms with Crippen LogP contribution in [0.3, 0.4) is 0 Å². The summed E-state index contributed by atoms with van der Waals surface area (Å²) >= 11 is 0. The zero-order chi connectivity index (χ0) is 22.8. The van der Waals surface area contributed by atoms with Gasteiger partial charge in [0.25, 0.3) is 0 Å². The lowest BCUT2D eigenvalue weighted by atomic mass is 9.98. The molecule has 33 heavy (non-hydrogen) atoms. The number of rotatable bonds is 5. The number of piperidine rings is 1. The van der Waals surface area contributed by atoms with E-state index in [1.165, 1.54) is 23.2 Å². The van der Waals surface area contributed by atoms with Gasteiger partial charge in [-0.3, -0.25) is 14.5 Å². The Bertz CT molecular complexity index is 1050. The van der Waals surface area contributed by atoms with Crippen molar-refractivity contribution in [1.29, 1.82) is 0 Å². The van der Waals surface area contributed by atoms with Crippen LogP contribution in [0.5, 0.6) is 11.5 Å². The van der Waals surface area contributed by atoms with E-state index in [1.807, 2.05) is 0 Å². The maximum Gasteiger partial charge on any atom is 0.313 e. The molecule has 0 aliphatic carbocycles. The van der Waals surface area contributed by atoms with E-state index in [1.54, 1.807) is 18.2 Å². The summed E-state index contributed by atoms with van der Waals surface area (Å²) in [7, 11) is 2.12. The third-order valence-electron chi connectivity index (χ3n) is 6.74. The number of nitrogens with one attached hydrogen (secondary N) is 2. The Morgan fingerprint density at radius 3 is 2.64 bits per heavy atom. The van der Waals surface area contributed by atoms with Crippen LogP contribution in [0.1, 0.15) is 36.4 Å². The van der Waals surface area contributed by atoms with Gasteiger partial charge in [-0.25, -0.2) is 0 Å². The maximum absolute atomic E-state index is 12.6. The highest BCUT2D eigenvalue weighted by atomic mass is 16.7. The number of likely N-dealkylation sites (tertiary alicyclic amines) is 1. The lowest BCUT2D eigenvalue weighted by Gasteiger charge is -2.35. The Kier molecular flexibility index (Phi) is 6.09. The summed E-state index contributed by atoms with van der Waals surface area (Å²) in [5, 5.41) is 5.52. The minimum absolute atomic E-state index is 0.0452. The second kappa shape index (κ2) is 9.31. The number of nitrogens with zero attached hydrogens (tertiary/aromatic N) is 2. The van der Waals surface area contributed by atoms with E-state index in [2.05, 4.69) is 45.7 Å². The Labute approximate surface area is 193 Å². The van der Waals surface area contributed by atoms with Crippen molar-refractivity contribution < 1.29 is 19.1 Å². The highest BCUT2D eigenvalue weighted by Gasteiger charge is 2.26. The molecule has 3 heterocycles. The Hall–Kier alpha value is -3.26. The van der Waals surface area contributed by atoms with E-state index in [0.717, 1.165) is 38.9 Å². The van der Waals surface area contributed by atoms with Crippen LogP contribution in [-0.2, 0) is 16.0 Å². The summed E-state index contributed by atoms with van der Waals surface area (Å²) in [5.41, 5.74) is 4.32. The fourth-order valence-corrected chi connectivity index (χ4v) is 4.91. The van der Waals surface area contributed by atoms with Gasteiger partial charge in [0.1, 0.15) is 0 Å². The lowest BCUT2D eigenvalue weighted by Crippen LogP contribution is -2.43. The second-order valence-electron chi connectivity index (χ2n) is 8.90. The van der Waals surface area contributed by atoms with Gasteiger partial charge in [-0.2, -0.15) is 0 Å². The molecular weight excluding hydrogens is 420 g/mol. The molecule has 1 atom stereocenters. The van der Waals surface area contributed by atoms with E-state index in [9.17, 15) is 9.59 Å². The number of amides is 2. The molecule has 2 aromatic rings. The molecule has 1 saturated heterocycles. The lowest BCUT2D eigenvalue weighted by molar-refractivity contribution is -0.136. The van der Waals surface area contributed by atoms with Crippen LogP contribution in [0, 0.1) is 0 Å². The van der Waals surface area contributed by atoms with Crippen molar-refractivity contribution >= 4 is 23.2 Å². The van der Waals surface area contributed by atoms with Crippen LogP contribution in [0.25, 0.3) is 0 Å². The first-order valence-electron chi connectivity index (χ1n) is 11.7. The number of carbonyl (C=O) groups excluding carboxylic acids is 2. The molecular formula is C25H30N4O4. The predicted octanol–water partition coefficient (Wildman–Crippen LogP) is 2.69. The third kappa shape index (κ3) is 4.61. The van der Waals surface area contributed by atoms with Crippen molar-refractivity contribution in [2.24, 2.45) is 0 Å². The zero-order valence-corrected chi connectivity index (χ0v) is 18.9. The fourth-order valence-electron chi connectivity index (χ4n) is 4.91. The number of likely N-dealkylation sites (N-methyl/N-ethyl adjacent to an activating group) is 1. The zero-order valence-electron chi connectivity index (χ0n) is 18.9. The molecule has 3 aliphatic heterocycles. The average Bonchev–Trinajstić information content (AvgIpc) is 3.45. The van der Waals surface area contributed by atoms with Gasteiger partial charge in [-0.15, -0.1) is 0 Å². The monoisotopic (exact) mass is 450 g/mol. The largest absolute Gasteiger partial charge is 0.454 e. The van der Waals surface area contributed by atoms with Crippen molar-refractivity contribution in [2.45, 2.75) is 31.7 Å². The summed E-state index contributed by atoms with van der Waals surface area (Å²) in [6, 6.07) is 11.7. The molecule has 0 aromatic heterocycles. The molecule has 8 heteroatoms. The molecule has 8 nitrogen and oxygen atoms in total. The number of hydrogen-bond acceptors (Lipinski definition) is 6. The van der Waals surface area contributed by atoms with Crippen molar-refractivity contribution in [3.8, 4) is 11.5 Å². The van der Waals surface area contributed by atoms with Crippen LogP contribution in [0.4, 0.5) is 11.4 Å². The normalized spacial score (nSPS) is 18.0. The van der Waals surface area contributed by atoms with Crippen LogP contribution in [-0.4, -0.2) is 56.7 Å². The minimum atomic E-state index is -0.693. The second-order valence-corrected chi connectivity index (χ2v) is 8.90. The third-order valence-corrected chi connectivity index (χ3v) is 6.74. The average molecular weight is 451 g/mol. The van der Waals surface area contributed by atoms with Crippen molar-refractivity contribution in [1.82, 2.24) is 10.2 Å². The maximum atomic E-state index is 12.6. The number of anilines is 2. The first-order valence-corrected chi connectivity index (χ1v) is 11.7. The Morgan fingerprint density at radius 2 is 1.79 bits per heavy atom. The number of ether oxygens (including phenoxy) is 2. The first kappa shape index (κ1) is 21.6. The number of carbonyl (C=O) groups is 2. The predicted molar refractivity (Wildman–Crippen MR) is 126 cm³/mol. The van der Waals surface area contributed by atoms with Gasteiger partial charge in [0.05, 0.1) is 6.04 Å². The molecule has 2 amide bonds. The molecule has 5 rings (SSSR count). The van der Waals surface area contributed by atoms with Crippen molar-refractivity contribution in [3.63, 3.8) is 0 Å². The SMILES string of the molecule is CN1CCc2cc([C@H](CNC(=O)C(=O)Nc3ccc4c(c3)OCO4)N3CCCCC3)ccc21. The van der Waals surface area contributed by atoms with Crippen molar-refractivity contribution in [3.05, 3.63) is 47.5 Å². The summed E-state index contributed by atoms with van der Waals surface area (Å²) in [6.45, 7) is 3.58. The quantitative estimate of drug-likeness (QED) is 0.682. The fraction of sp³-hybridized carbons (Fsp3) is 0.440. The van der Waals surface area contributed by atoms with E-state index in [0.29, 0.717) is 23.7 Å². The Balaban J connectivity index is 1.26. The van der Waals surface area contributed by atoms with Gasteiger partial charge >= 0.3 is 11.8 Å². The topological polar surface area (TPSA) is 83.1 Å². The number of hydrogen-bond donors (Lipinski definition) is 2. The summed E-state index contributed by atoms with van der Waals surface area (Å²) < 4.78 is 10.6. The summed E-state index contributed by atoms with van der Waals surface area (Å²) in [6.07, 6.45) is 4.59. The summed E-state index contributed by atoms with van der Waals surface area (Å²) in [4.78, 5) is 29.8. The standard InChI is InChI=1S/C25H30N4O4/c1-28-12-9-18-13-17(5-7-20(18)28)21(29-10-3-2-4-11-29)15-26-24(30)25(31)27-19-6-8-22-23(14-19)33-16-32-22/h5-8,13-14,21H,2-4,9-12,15-16H2,1H3,(H,26,30)(H,27,31)/t21-/m0/s1. The molecule has 0 unspecified atom stereocenters. The Morgan fingerprint density at radius 1 is 0.970 bits per heavy atom. The van der Waals surface area contributed by atoms with Gasteiger partial charge in [0.2, 0.25) is 6.79 Å². The van der Waals surface area contributed by atoms with E-state index < -0.39 is 11.8 Å². The molecule has 3 aliphatic rings. The first-order chi connectivity index (χ1) is 16.1. The smallest absolute Gasteiger partial charge is 0.313 e. The van der Waals surface area contributed by atoms with Gasteiger partial charge < -0.3 is 25.0 Å². The molecule has 1 fully saturated rings. The molecule has 0 spiro atoms. The molecule has 174 valence electrons. The molecule has 0 radical (unpaired) electrons. The van der Waals surface area contributed by atoms with E-state index >= 15 is 0 Å². The number of benzene rings is 2. The van der Waals surface area contributed by atoms with Gasteiger partial charge in [-0.1, -0.05) is 18.6 Å². The van der Waals surface area contributed by atoms with Gasteiger partial charge in [0, 0.05) is 37.6 Å². The van der Waals surface area contributed by atoms with Crippen LogP contribution < -0.4 is 25.0 Å². The highest BCUT2D eigenvalue weighted by molar-refractivity contribution is 6.39. The molecule has 2 aromatic carbocycles. The van der Waals surface area contributed by atoms with E-state index in [-0.39, 0.29) is 12.8 Å². The number of fused-ring (bicyclic) bond motifs is 2. The van der Waals surface area contributed by atoms with Crippen molar-refractivity contribution in [2.75, 3.05) is 50.2 Å². The van der Waals surface area contributed by atoms with E-state index in [4.69, 9.17) is 9.47 Å². The molecule has 0 saturated carbocycles. The van der Waals surface area contributed by atoms with Gasteiger partial charge in [0.15, 0.2) is 11.5 Å². The minimum Gasteiger partial charge on any atom is -0.454 e. The van der Waals surface area contributed by atoms with Gasteiger partial charge in [-0.05, 0) is 61.7 Å². The highest BCUT2D eigenvalue weighted by Crippen LogP contribution is 2.34. The van der Waals surface area contributed by atoms with Crippen LogP contribution in [0.15, 0.2) is 36.4 Å². The van der Waals surface area contributed by atoms with Crippen LogP contribution >= 0.6 is 0 Å². The summed E-state index contributed by atoms with van der Waals surface area (Å²) in [5.74, 6) is -0.152. The molecule has 0 bridgehead atoms. The molecule has 2 N–H and O–H groups in total. The van der Waals surface area contributed by atoms with Crippen LogP contribution in [0.2, 0.25) is 0 Å².